The molecule has 40 heavy (non-hydrogen) atoms. The zero-order chi connectivity index (χ0) is 28.1. The number of hydrogen-bond acceptors (Lipinski definition) is 6. The van der Waals surface area contributed by atoms with E-state index in [0.29, 0.717) is 41.2 Å². The fraction of sp³-hybridized carbons (Fsp3) is 0.294. The molecule has 2 aliphatic rings. The van der Waals surface area contributed by atoms with Gasteiger partial charge >= 0.3 is 5.97 Å². The second-order valence-electron chi connectivity index (χ2n) is 10.4. The van der Waals surface area contributed by atoms with Gasteiger partial charge in [0.2, 0.25) is 0 Å². The Balaban J connectivity index is 1.47. The van der Waals surface area contributed by atoms with Crippen LogP contribution in [0, 0.1) is 0 Å². The van der Waals surface area contributed by atoms with E-state index in [4.69, 9.17) is 14.2 Å². The molecule has 0 unspecified atom stereocenters. The number of carbonyl (C=O) groups is 2. The molecule has 0 amide bonds. The highest BCUT2D eigenvalue weighted by Crippen LogP contribution is 2.47. The lowest BCUT2D eigenvalue weighted by molar-refractivity contribution is -0.140. The molecule has 1 N–H and O–H groups in total. The third-order valence-corrected chi connectivity index (χ3v) is 7.24. The quantitative estimate of drug-likeness (QED) is 0.250. The third-order valence-electron chi connectivity index (χ3n) is 7.24. The maximum absolute atomic E-state index is 13.9. The van der Waals surface area contributed by atoms with Crippen LogP contribution in [-0.2, 0) is 14.3 Å². The molecule has 0 fully saturated rings. The summed E-state index contributed by atoms with van der Waals surface area (Å²) in [6.45, 7) is 6.10. The average Bonchev–Trinajstić information content (AvgIpc) is 2.95. The third kappa shape index (κ3) is 5.96. The Labute approximate surface area is 235 Å². The number of ketones is 1. The van der Waals surface area contributed by atoms with Crippen LogP contribution in [0.25, 0.3) is 0 Å². The fourth-order valence-electron chi connectivity index (χ4n) is 5.55. The van der Waals surface area contributed by atoms with E-state index >= 15 is 0 Å². The van der Waals surface area contributed by atoms with Crippen molar-refractivity contribution in [2.75, 3.05) is 13.2 Å². The Morgan fingerprint density at radius 3 is 2.30 bits per heavy atom. The number of Topliss-reactive ketones (excluding diaryl/α,β-unsaturated/α-hetero) is 1. The molecule has 0 bridgehead atoms. The molecule has 1 aliphatic heterocycles. The second kappa shape index (κ2) is 12.2. The van der Waals surface area contributed by atoms with Gasteiger partial charge in [-0.25, -0.2) is 4.79 Å². The van der Waals surface area contributed by atoms with Gasteiger partial charge in [-0.2, -0.15) is 0 Å². The minimum Gasteiger partial charge on any atom is -0.491 e. The molecule has 2 atom stereocenters. The lowest BCUT2D eigenvalue weighted by Crippen LogP contribution is -2.36. The minimum atomic E-state index is -0.599. The smallest absolute Gasteiger partial charge is 0.336 e. The number of ether oxygens (including phenoxy) is 3. The van der Waals surface area contributed by atoms with Gasteiger partial charge < -0.3 is 19.5 Å². The molecule has 6 heteroatoms. The van der Waals surface area contributed by atoms with Gasteiger partial charge in [-0.05, 0) is 56.9 Å². The highest BCUT2D eigenvalue weighted by Gasteiger charge is 2.42. The number of benzene rings is 3. The lowest BCUT2D eigenvalue weighted by atomic mass is 9.71. The zero-order valence-electron chi connectivity index (χ0n) is 23.2. The Morgan fingerprint density at radius 1 is 0.900 bits per heavy atom. The summed E-state index contributed by atoms with van der Waals surface area (Å²) in [6.07, 6.45) is 0.983. The number of allylic oxidation sites excluding steroid dienone is 3. The Morgan fingerprint density at radius 2 is 1.57 bits per heavy atom. The molecule has 0 saturated carbocycles. The van der Waals surface area contributed by atoms with Gasteiger partial charge in [-0.15, -0.1) is 0 Å². The van der Waals surface area contributed by atoms with Crippen LogP contribution in [0.15, 0.2) is 107 Å². The molecule has 3 aromatic rings. The molecule has 5 rings (SSSR count). The van der Waals surface area contributed by atoms with Crippen LogP contribution in [0.5, 0.6) is 11.5 Å². The van der Waals surface area contributed by atoms with E-state index < -0.39 is 11.9 Å². The van der Waals surface area contributed by atoms with Crippen LogP contribution in [-0.4, -0.2) is 31.1 Å². The van der Waals surface area contributed by atoms with Crippen LogP contribution in [0.1, 0.15) is 56.6 Å². The molecular weight excluding hydrogens is 502 g/mol. The maximum Gasteiger partial charge on any atom is 0.336 e. The number of esters is 1. The summed E-state index contributed by atoms with van der Waals surface area (Å²) in [5.41, 5.74) is 4.49. The standard InChI is InChI=1S/C34H35NO5/c1-22(2)40-30-17-11-10-16-27(30)32-31(34(37)39-19-18-38-26-14-8-5-9-15-26)23(3)35-28-20-25(21-29(36)33(28)32)24-12-6-4-7-13-24/h4-17,22,25,32,35H,18-21H2,1-3H3/t25-,32+/m0/s1. The summed E-state index contributed by atoms with van der Waals surface area (Å²) < 4.78 is 17.6. The van der Waals surface area contributed by atoms with Crippen molar-refractivity contribution < 1.29 is 23.8 Å². The Kier molecular flexibility index (Phi) is 8.34. The van der Waals surface area contributed by atoms with Gasteiger partial charge in [0.25, 0.3) is 0 Å². The van der Waals surface area contributed by atoms with Crippen molar-refractivity contribution in [2.45, 2.75) is 51.6 Å². The van der Waals surface area contributed by atoms with Gasteiger partial charge in [0.05, 0.1) is 17.6 Å². The van der Waals surface area contributed by atoms with Crippen molar-refractivity contribution in [3.63, 3.8) is 0 Å². The van der Waals surface area contributed by atoms with Gasteiger partial charge in [-0.3, -0.25) is 4.79 Å². The number of carbonyl (C=O) groups excluding carboxylic acids is 2. The van der Waals surface area contributed by atoms with Crippen LogP contribution in [0.2, 0.25) is 0 Å². The molecule has 6 nitrogen and oxygen atoms in total. The molecule has 206 valence electrons. The first-order valence-corrected chi connectivity index (χ1v) is 13.8. The summed E-state index contributed by atoms with van der Waals surface area (Å²) in [7, 11) is 0. The molecule has 0 radical (unpaired) electrons. The predicted octanol–water partition coefficient (Wildman–Crippen LogP) is 6.46. The number of dihydropyridines is 1. The first-order chi connectivity index (χ1) is 19.4. The highest BCUT2D eigenvalue weighted by molar-refractivity contribution is 6.04. The molecule has 1 aliphatic carbocycles. The molecule has 3 aromatic carbocycles. The summed E-state index contributed by atoms with van der Waals surface area (Å²) in [5, 5.41) is 3.42. The summed E-state index contributed by atoms with van der Waals surface area (Å²) in [5.74, 6) is 0.381. The average molecular weight is 538 g/mol. The maximum atomic E-state index is 13.9. The second-order valence-corrected chi connectivity index (χ2v) is 10.4. The predicted molar refractivity (Wildman–Crippen MR) is 154 cm³/mol. The van der Waals surface area contributed by atoms with Crippen molar-refractivity contribution in [1.29, 1.82) is 0 Å². The Hall–Kier alpha value is -4.32. The van der Waals surface area contributed by atoms with Crippen molar-refractivity contribution >= 4 is 11.8 Å². The first-order valence-electron chi connectivity index (χ1n) is 13.8. The molecule has 1 heterocycles. The highest BCUT2D eigenvalue weighted by atomic mass is 16.6. The van der Waals surface area contributed by atoms with Gasteiger partial charge in [0.1, 0.15) is 24.7 Å². The fourth-order valence-corrected chi connectivity index (χ4v) is 5.55. The van der Waals surface area contributed by atoms with Crippen molar-refractivity contribution in [3.05, 3.63) is 119 Å². The Bertz CT molecular complexity index is 1420. The normalized spacial score (nSPS) is 18.8. The van der Waals surface area contributed by atoms with Crippen molar-refractivity contribution in [3.8, 4) is 11.5 Å². The molecular formula is C34H35NO5. The summed E-state index contributed by atoms with van der Waals surface area (Å²) in [4.78, 5) is 27.5. The van der Waals surface area contributed by atoms with E-state index in [1.807, 2.05) is 93.6 Å². The van der Waals surface area contributed by atoms with E-state index in [2.05, 4.69) is 17.4 Å². The number of hydrogen-bond donors (Lipinski definition) is 1. The van der Waals surface area contributed by atoms with E-state index in [1.165, 1.54) is 0 Å². The number of para-hydroxylation sites is 2. The summed E-state index contributed by atoms with van der Waals surface area (Å²) >= 11 is 0. The summed E-state index contributed by atoms with van der Waals surface area (Å²) in [6, 6.07) is 27.2. The van der Waals surface area contributed by atoms with Crippen molar-refractivity contribution in [2.24, 2.45) is 0 Å². The van der Waals surface area contributed by atoms with Crippen molar-refractivity contribution in [1.82, 2.24) is 5.32 Å². The van der Waals surface area contributed by atoms with E-state index in [1.54, 1.807) is 0 Å². The number of rotatable bonds is 9. The SMILES string of the molecule is CC1=C(C(=O)OCCOc2ccccc2)[C@@H](c2ccccc2OC(C)C)C2=C(C[C@H](c3ccccc3)CC2=O)N1. The van der Waals surface area contributed by atoms with Crippen LogP contribution >= 0.6 is 0 Å². The first kappa shape index (κ1) is 27.3. The zero-order valence-corrected chi connectivity index (χ0v) is 23.2. The topological polar surface area (TPSA) is 73.9 Å². The van der Waals surface area contributed by atoms with Crippen LogP contribution in [0.3, 0.4) is 0 Å². The molecule has 0 saturated heterocycles. The minimum absolute atomic E-state index is 0.0252. The monoisotopic (exact) mass is 537 g/mol. The lowest BCUT2D eigenvalue weighted by Gasteiger charge is -2.37. The van der Waals surface area contributed by atoms with Gasteiger partial charge in [0, 0.05) is 29.0 Å². The molecule has 0 spiro atoms. The van der Waals surface area contributed by atoms with E-state index in [0.717, 1.165) is 16.8 Å². The van der Waals surface area contributed by atoms with E-state index in [9.17, 15) is 9.59 Å². The number of nitrogens with one attached hydrogen (secondary N) is 1. The van der Waals surface area contributed by atoms with Gasteiger partial charge in [-0.1, -0.05) is 66.7 Å². The van der Waals surface area contributed by atoms with E-state index in [-0.39, 0.29) is 31.0 Å². The molecule has 0 aromatic heterocycles. The van der Waals surface area contributed by atoms with Gasteiger partial charge in [0.15, 0.2) is 5.78 Å². The van der Waals surface area contributed by atoms with Crippen LogP contribution in [0.4, 0.5) is 0 Å². The van der Waals surface area contributed by atoms with Crippen LogP contribution < -0.4 is 14.8 Å². The largest absolute Gasteiger partial charge is 0.491 e.